The van der Waals surface area contributed by atoms with E-state index < -0.39 is 0 Å². The molecule has 0 saturated heterocycles. The second-order valence-electron chi connectivity index (χ2n) is 3.47. The Morgan fingerprint density at radius 1 is 1.33 bits per heavy atom. The number of hydrogen-bond donors (Lipinski definition) is 1. The van der Waals surface area contributed by atoms with Crippen LogP contribution < -0.4 is 5.32 Å². The fraction of sp³-hybridized carbons (Fsp3) is 0. The van der Waals surface area contributed by atoms with E-state index in [1.165, 1.54) is 6.20 Å². The van der Waals surface area contributed by atoms with Crippen molar-refractivity contribution < 1.29 is 4.79 Å². The monoisotopic (exact) mass is 436 g/mol. The third-order valence-electron chi connectivity index (χ3n) is 2.15. The molecule has 1 heterocycles. The Kier molecular flexibility index (Phi) is 4.58. The summed E-state index contributed by atoms with van der Waals surface area (Å²) in [5, 5.41) is 3.26. The van der Waals surface area contributed by atoms with Crippen LogP contribution in [-0.4, -0.2) is 10.9 Å². The number of anilines is 1. The molecular formula is C12H7BrClIN2O. The number of halogens is 3. The molecule has 18 heavy (non-hydrogen) atoms. The van der Waals surface area contributed by atoms with Crippen LogP contribution in [0.15, 0.2) is 41.1 Å². The highest BCUT2D eigenvalue weighted by atomic mass is 127. The van der Waals surface area contributed by atoms with Crippen molar-refractivity contribution >= 4 is 61.7 Å². The van der Waals surface area contributed by atoms with Crippen LogP contribution in [0.5, 0.6) is 0 Å². The summed E-state index contributed by atoms with van der Waals surface area (Å²) in [4.78, 5) is 15.9. The second-order valence-corrected chi connectivity index (χ2v) is 6.04. The molecule has 1 N–H and O–H groups in total. The van der Waals surface area contributed by atoms with Crippen LogP contribution in [0.2, 0.25) is 5.02 Å². The van der Waals surface area contributed by atoms with E-state index in [4.69, 9.17) is 11.6 Å². The van der Waals surface area contributed by atoms with E-state index in [0.29, 0.717) is 16.3 Å². The SMILES string of the molecule is O=C(Nc1ccc(I)cc1Cl)c1cncc(Br)c1. The van der Waals surface area contributed by atoms with Crippen molar-refractivity contribution in [1.82, 2.24) is 4.98 Å². The lowest BCUT2D eigenvalue weighted by molar-refractivity contribution is 0.102. The molecule has 0 bridgehead atoms. The molecule has 0 spiro atoms. The smallest absolute Gasteiger partial charge is 0.257 e. The molecule has 0 saturated carbocycles. The van der Waals surface area contributed by atoms with E-state index >= 15 is 0 Å². The molecule has 1 amide bonds. The fourth-order valence-electron chi connectivity index (χ4n) is 1.32. The number of hydrogen-bond acceptors (Lipinski definition) is 2. The second kappa shape index (κ2) is 5.99. The van der Waals surface area contributed by atoms with Gasteiger partial charge in [-0.05, 0) is 62.8 Å². The van der Waals surface area contributed by atoms with Crippen molar-refractivity contribution in [2.75, 3.05) is 5.32 Å². The maximum absolute atomic E-state index is 12.0. The van der Waals surface area contributed by atoms with E-state index in [-0.39, 0.29) is 5.91 Å². The number of carbonyl (C=O) groups is 1. The van der Waals surface area contributed by atoms with Crippen LogP contribution in [0, 0.1) is 3.57 Å². The van der Waals surface area contributed by atoms with Crippen molar-refractivity contribution in [3.05, 3.63) is 55.3 Å². The largest absolute Gasteiger partial charge is 0.321 e. The Morgan fingerprint density at radius 2 is 2.11 bits per heavy atom. The van der Waals surface area contributed by atoms with Gasteiger partial charge in [0.25, 0.3) is 5.91 Å². The number of carbonyl (C=O) groups excluding carboxylic acids is 1. The van der Waals surface area contributed by atoms with Crippen molar-refractivity contribution in [2.45, 2.75) is 0 Å². The van der Waals surface area contributed by atoms with Gasteiger partial charge >= 0.3 is 0 Å². The maximum atomic E-state index is 12.0. The Balaban J connectivity index is 2.21. The van der Waals surface area contributed by atoms with Gasteiger partial charge in [-0.25, -0.2) is 0 Å². The van der Waals surface area contributed by atoms with Crippen LogP contribution in [0.1, 0.15) is 10.4 Å². The van der Waals surface area contributed by atoms with Gasteiger partial charge in [-0.1, -0.05) is 11.6 Å². The number of pyridine rings is 1. The van der Waals surface area contributed by atoms with Gasteiger partial charge in [0.15, 0.2) is 0 Å². The molecule has 0 fully saturated rings. The normalized spacial score (nSPS) is 10.2. The minimum absolute atomic E-state index is 0.244. The van der Waals surface area contributed by atoms with E-state index in [0.717, 1.165) is 8.04 Å². The Morgan fingerprint density at radius 3 is 2.78 bits per heavy atom. The maximum Gasteiger partial charge on any atom is 0.257 e. The number of aromatic nitrogens is 1. The first-order valence-corrected chi connectivity index (χ1v) is 7.18. The summed E-state index contributed by atoms with van der Waals surface area (Å²) in [5.74, 6) is -0.244. The number of rotatable bonds is 2. The van der Waals surface area contributed by atoms with E-state index in [1.54, 1.807) is 24.4 Å². The van der Waals surface area contributed by atoms with Gasteiger partial charge in [0.1, 0.15) is 0 Å². The highest BCUT2D eigenvalue weighted by Crippen LogP contribution is 2.24. The van der Waals surface area contributed by atoms with Gasteiger partial charge in [0.2, 0.25) is 0 Å². The summed E-state index contributed by atoms with van der Waals surface area (Å²) in [7, 11) is 0. The summed E-state index contributed by atoms with van der Waals surface area (Å²) in [6.07, 6.45) is 3.12. The lowest BCUT2D eigenvalue weighted by atomic mass is 10.2. The number of nitrogens with one attached hydrogen (secondary N) is 1. The quantitative estimate of drug-likeness (QED) is 0.710. The number of amides is 1. The average molecular weight is 437 g/mol. The molecule has 0 unspecified atom stereocenters. The van der Waals surface area contributed by atoms with Crippen LogP contribution in [-0.2, 0) is 0 Å². The zero-order valence-corrected chi connectivity index (χ0v) is 13.5. The first-order valence-electron chi connectivity index (χ1n) is 4.93. The average Bonchev–Trinajstić information content (AvgIpc) is 2.32. The summed E-state index contributed by atoms with van der Waals surface area (Å²) in [6.45, 7) is 0. The predicted octanol–water partition coefficient (Wildman–Crippen LogP) is 4.35. The van der Waals surface area contributed by atoms with Gasteiger partial charge in [-0.2, -0.15) is 0 Å². The highest BCUT2D eigenvalue weighted by Gasteiger charge is 2.09. The lowest BCUT2D eigenvalue weighted by Crippen LogP contribution is -2.12. The van der Waals surface area contributed by atoms with Gasteiger partial charge in [0.05, 0.1) is 16.3 Å². The predicted molar refractivity (Wildman–Crippen MR) is 84.1 cm³/mol. The van der Waals surface area contributed by atoms with Gasteiger partial charge < -0.3 is 5.32 Å². The molecule has 1 aromatic heterocycles. The number of nitrogens with zero attached hydrogens (tertiary/aromatic N) is 1. The molecule has 0 atom stereocenters. The Bertz CT molecular complexity index is 606. The van der Waals surface area contributed by atoms with Crippen LogP contribution in [0.25, 0.3) is 0 Å². The molecule has 6 heteroatoms. The van der Waals surface area contributed by atoms with Gasteiger partial charge in [-0.3, -0.25) is 9.78 Å². The first kappa shape index (κ1) is 13.8. The molecule has 92 valence electrons. The lowest BCUT2D eigenvalue weighted by Gasteiger charge is -2.07. The molecular weight excluding hydrogens is 430 g/mol. The molecule has 2 aromatic rings. The highest BCUT2D eigenvalue weighted by molar-refractivity contribution is 14.1. The standard InChI is InChI=1S/C12H7BrClIN2O/c13-8-3-7(5-16-6-8)12(18)17-11-2-1-9(15)4-10(11)14/h1-6H,(H,17,18). The first-order chi connectivity index (χ1) is 8.56. The fourth-order valence-corrected chi connectivity index (χ4v) is 2.59. The summed E-state index contributed by atoms with van der Waals surface area (Å²) in [5.41, 5.74) is 1.06. The topological polar surface area (TPSA) is 42.0 Å². The minimum Gasteiger partial charge on any atom is -0.321 e. The van der Waals surface area contributed by atoms with Crippen LogP contribution in [0.3, 0.4) is 0 Å². The molecule has 2 rings (SSSR count). The van der Waals surface area contributed by atoms with Gasteiger partial charge in [-0.15, -0.1) is 0 Å². The van der Waals surface area contributed by atoms with Crippen molar-refractivity contribution in [3.8, 4) is 0 Å². The molecule has 0 aliphatic carbocycles. The Labute approximate surface area is 131 Å². The third kappa shape index (κ3) is 3.43. The summed E-state index contributed by atoms with van der Waals surface area (Å²) in [6, 6.07) is 7.13. The zero-order valence-electron chi connectivity index (χ0n) is 8.95. The number of benzene rings is 1. The van der Waals surface area contributed by atoms with E-state index in [9.17, 15) is 4.79 Å². The van der Waals surface area contributed by atoms with Crippen LogP contribution in [0.4, 0.5) is 5.69 Å². The van der Waals surface area contributed by atoms with E-state index in [1.807, 2.05) is 6.07 Å². The van der Waals surface area contributed by atoms with Crippen LogP contribution >= 0.6 is 50.1 Å². The van der Waals surface area contributed by atoms with Crippen molar-refractivity contribution in [2.24, 2.45) is 0 Å². The Hall–Kier alpha value is -0.660. The molecule has 0 aliphatic heterocycles. The minimum atomic E-state index is -0.244. The summed E-state index contributed by atoms with van der Waals surface area (Å²) >= 11 is 11.5. The molecule has 0 radical (unpaired) electrons. The zero-order chi connectivity index (χ0) is 13.1. The molecule has 3 nitrogen and oxygen atoms in total. The summed E-state index contributed by atoms with van der Waals surface area (Å²) < 4.78 is 1.77. The molecule has 0 aliphatic rings. The van der Waals surface area contributed by atoms with E-state index in [2.05, 4.69) is 48.8 Å². The van der Waals surface area contributed by atoms with Crippen molar-refractivity contribution in [1.29, 1.82) is 0 Å². The van der Waals surface area contributed by atoms with Gasteiger partial charge in [0, 0.05) is 20.4 Å². The third-order valence-corrected chi connectivity index (χ3v) is 3.56. The van der Waals surface area contributed by atoms with Crippen molar-refractivity contribution in [3.63, 3.8) is 0 Å². The molecule has 1 aromatic carbocycles.